The predicted octanol–water partition coefficient (Wildman–Crippen LogP) is 2.28. The molecule has 1 aliphatic rings. The van der Waals surface area contributed by atoms with E-state index in [0.717, 1.165) is 30.8 Å². The van der Waals surface area contributed by atoms with Crippen LogP contribution in [0.25, 0.3) is 0 Å². The summed E-state index contributed by atoms with van der Waals surface area (Å²) >= 11 is 1.66. The number of thioether (sulfide) groups is 1. The molecule has 4 nitrogen and oxygen atoms in total. The summed E-state index contributed by atoms with van der Waals surface area (Å²) in [5.74, 6) is 2.56. The average molecular weight is 283 g/mol. The summed E-state index contributed by atoms with van der Waals surface area (Å²) in [7, 11) is 0. The topological polar surface area (TPSA) is 62.5 Å². The molecule has 0 bridgehead atoms. The third-order valence-electron chi connectivity index (χ3n) is 3.75. The van der Waals surface area contributed by atoms with E-state index in [9.17, 15) is 9.90 Å². The van der Waals surface area contributed by atoms with Crippen LogP contribution in [0.5, 0.6) is 0 Å². The van der Waals surface area contributed by atoms with Gasteiger partial charge in [-0.15, -0.1) is 0 Å². The highest BCUT2D eigenvalue weighted by Gasteiger charge is 2.27. The molecule has 2 atom stereocenters. The summed E-state index contributed by atoms with van der Waals surface area (Å²) in [4.78, 5) is 11.9. The third kappa shape index (κ3) is 3.76. The zero-order valence-corrected chi connectivity index (χ0v) is 12.0. The molecular weight excluding hydrogens is 262 g/mol. The van der Waals surface area contributed by atoms with Crippen molar-refractivity contribution in [3.63, 3.8) is 0 Å². The van der Waals surface area contributed by atoms with Gasteiger partial charge in [-0.2, -0.15) is 11.8 Å². The van der Waals surface area contributed by atoms with E-state index in [1.54, 1.807) is 17.8 Å². The molecule has 0 aromatic carbocycles. The maximum Gasteiger partial charge on any atom is 0.287 e. The molecule has 2 rings (SSSR count). The minimum atomic E-state index is -0.157. The van der Waals surface area contributed by atoms with Crippen LogP contribution in [0.3, 0.4) is 0 Å². The van der Waals surface area contributed by atoms with Crippen molar-refractivity contribution in [2.24, 2.45) is 11.8 Å². The fraction of sp³-hybridized carbons (Fsp3) is 0.643. The second kappa shape index (κ2) is 7.01. The second-order valence-corrected chi connectivity index (χ2v) is 5.91. The van der Waals surface area contributed by atoms with Crippen molar-refractivity contribution in [2.45, 2.75) is 25.0 Å². The molecule has 1 fully saturated rings. The van der Waals surface area contributed by atoms with Crippen LogP contribution in [-0.4, -0.2) is 30.4 Å². The molecule has 1 amide bonds. The quantitative estimate of drug-likeness (QED) is 0.841. The van der Waals surface area contributed by atoms with Crippen LogP contribution < -0.4 is 5.32 Å². The molecule has 1 aliphatic carbocycles. The number of carbonyl (C=O) groups excluding carboxylic acids is 1. The van der Waals surface area contributed by atoms with Gasteiger partial charge in [0.2, 0.25) is 0 Å². The number of aliphatic hydroxyl groups excluding tert-OH is 1. The van der Waals surface area contributed by atoms with Crippen molar-refractivity contribution >= 4 is 17.7 Å². The number of amides is 1. The van der Waals surface area contributed by atoms with Crippen molar-refractivity contribution < 1.29 is 14.3 Å². The zero-order valence-electron chi connectivity index (χ0n) is 11.2. The summed E-state index contributed by atoms with van der Waals surface area (Å²) in [6.07, 6.45) is 5.29. The van der Waals surface area contributed by atoms with E-state index in [2.05, 4.69) is 5.32 Å². The third-order valence-corrected chi connectivity index (χ3v) is 4.32. The Morgan fingerprint density at radius 1 is 1.47 bits per heavy atom. The maximum absolute atomic E-state index is 11.9. The largest absolute Gasteiger partial charge is 0.455 e. The Morgan fingerprint density at radius 3 is 3.00 bits per heavy atom. The van der Waals surface area contributed by atoms with E-state index < -0.39 is 0 Å². The van der Waals surface area contributed by atoms with Crippen LogP contribution >= 0.6 is 11.8 Å². The van der Waals surface area contributed by atoms with Crippen LogP contribution in [0.15, 0.2) is 16.5 Å². The Morgan fingerprint density at radius 2 is 2.26 bits per heavy atom. The lowest BCUT2D eigenvalue weighted by Crippen LogP contribution is -2.31. The summed E-state index contributed by atoms with van der Waals surface area (Å²) in [6, 6.07) is 3.57. The van der Waals surface area contributed by atoms with Gasteiger partial charge in [-0.25, -0.2) is 0 Å². The summed E-state index contributed by atoms with van der Waals surface area (Å²) in [5, 5.41) is 12.2. The van der Waals surface area contributed by atoms with Gasteiger partial charge in [0.1, 0.15) is 5.76 Å². The van der Waals surface area contributed by atoms with Gasteiger partial charge >= 0.3 is 0 Å². The van der Waals surface area contributed by atoms with E-state index in [1.165, 1.54) is 0 Å². The molecule has 0 aliphatic heterocycles. The molecule has 19 heavy (non-hydrogen) atoms. The molecule has 2 unspecified atom stereocenters. The number of rotatable bonds is 6. The van der Waals surface area contributed by atoms with E-state index >= 15 is 0 Å². The highest BCUT2D eigenvalue weighted by atomic mass is 32.2. The van der Waals surface area contributed by atoms with Crippen molar-refractivity contribution in [1.82, 2.24) is 5.32 Å². The van der Waals surface area contributed by atoms with Crippen LogP contribution in [-0.2, 0) is 5.75 Å². The molecular formula is C14H21NO3S. The van der Waals surface area contributed by atoms with Gasteiger partial charge in [-0.3, -0.25) is 4.79 Å². The molecule has 0 saturated heterocycles. The van der Waals surface area contributed by atoms with Gasteiger partial charge in [-0.05, 0) is 43.1 Å². The monoisotopic (exact) mass is 283 g/mol. The van der Waals surface area contributed by atoms with Crippen LogP contribution in [0.1, 0.15) is 35.6 Å². The summed E-state index contributed by atoms with van der Waals surface area (Å²) in [6.45, 7) is 0.849. The fourth-order valence-corrected chi connectivity index (χ4v) is 3.09. The molecule has 1 heterocycles. The normalized spacial score (nSPS) is 22.6. The molecule has 0 spiro atoms. The number of carbonyl (C=O) groups is 1. The minimum absolute atomic E-state index is 0.157. The van der Waals surface area contributed by atoms with Gasteiger partial charge in [0.15, 0.2) is 5.76 Å². The standard InChI is InChI=1S/C14H21NO3S/c1-19-9-12-5-6-13(18-12)14(17)15-7-10-3-2-4-11(10)8-16/h5-6,10-11,16H,2-4,7-9H2,1H3,(H,15,17). The Hall–Kier alpha value is -0.940. The number of hydrogen-bond acceptors (Lipinski definition) is 4. The zero-order chi connectivity index (χ0) is 13.7. The molecule has 5 heteroatoms. The number of furan rings is 1. The average Bonchev–Trinajstić information content (AvgIpc) is 3.04. The number of hydrogen-bond donors (Lipinski definition) is 2. The minimum Gasteiger partial charge on any atom is -0.455 e. The first kappa shape index (κ1) is 14.5. The molecule has 1 saturated carbocycles. The highest BCUT2D eigenvalue weighted by molar-refractivity contribution is 7.97. The number of aliphatic hydroxyl groups is 1. The lowest BCUT2D eigenvalue weighted by molar-refractivity contribution is 0.0908. The first-order chi connectivity index (χ1) is 9.24. The Labute approximate surface area is 117 Å². The van der Waals surface area contributed by atoms with Crippen molar-refractivity contribution in [1.29, 1.82) is 0 Å². The van der Waals surface area contributed by atoms with Crippen LogP contribution in [0.4, 0.5) is 0 Å². The van der Waals surface area contributed by atoms with Gasteiger partial charge in [0.25, 0.3) is 5.91 Å². The van der Waals surface area contributed by atoms with Crippen molar-refractivity contribution in [3.05, 3.63) is 23.7 Å². The summed E-state index contributed by atoms with van der Waals surface area (Å²) < 4.78 is 5.47. The maximum atomic E-state index is 11.9. The predicted molar refractivity (Wildman–Crippen MR) is 76.2 cm³/mol. The number of nitrogens with one attached hydrogen (secondary N) is 1. The van der Waals surface area contributed by atoms with E-state index in [0.29, 0.717) is 24.1 Å². The lowest BCUT2D eigenvalue weighted by atomic mass is 9.97. The van der Waals surface area contributed by atoms with Crippen molar-refractivity contribution in [2.75, 3.05) is 19.4 Å². The van der Waals surface area contributed by atoms with Crippen LogP contribution in [0, 0.1) is 11.8 Å². The molecule has 106 valence electrons. The van der Waals surface area contributed by atoms with E-state index in [1.807, 2.05) is 12.3 Å². The van der Waals surface area contributed by atoms with E-state index in [-0.39, 0.29) is 12.5 Å². The van der Waals surface area contributed by atoms with Gasteiger partial charge in [0.05, 0.1) is 5.75 Å². The summed E-state index contributed by atoms with van der Waals surface area (Å²) in [5.41, 5.74) is 0. The smallest absolute Gasteiger partial charge is 0.287 e. The molecule has 0 radical (unpaired) electrons. The van der Waals surface area contributed by atoms with Gasteiger partial charge < -0.3 is 14.8 Å². The molecule has 1 aromatic heterocycles. The first-order valence-electron chi connectivity index (χ1n) is 6.71. The fourth-order valence-electron chi connectivity index (χ4n) is 2.65. The molecule has 1 aromatic rings. The van der Waals surface area contributed by atoms with Gasteiger partial charge in [-0.1, -0.05) is 6.42 Å². The Kier molecular flexibility index (Phi) is 5.34. The van der Waals surface area contributed by atoms with Crippen LogP contribution in [0.2, 0.25) is 0 Å². The highest BCUT2D eigenvalue weighted by Crippen LogP contribution is 2.30. The van der Waals surface area contributed by atoms with Crippen molar-refractivity contribution in [3.8, 4) is 0 Å². The SMILES string of the molecule is CSCc1ccc(C(=O)NCC2CCCC2CO)o1. The van der Waals surface area contributed by atoms with E-state index in [4.69, 9.17) is 4.42 Å². The Balaban J connectivity index is 1.83. The second-order valence-electron chi connectivity index (χ2n) is 5.04. The molecule has 2 N–H and O–H groups in total. The lowest BCUT2D eigenvalue weighted by Gasteiger charge is -2.17. The van der Waals surface area contributed by atoms with Gasteiger partial charge in [0, 0.05) is 13.2 Å². The first-order valence-corrected chi connectivity index (χ1v) is 8.10. The Bertz CT molecular complexity index is 419.